The Morgan fingerprint density at radius 3 is 2.56 bits per heavy atom. The van der Waals surface area contributed by atoms with Crippen LogP contribution in [-0.4, -0.2) is 39.6 Å². The summed E-state index contributed by atoms with van der Waals surface area (Å²) >= 11 is 1.70. The smallest absolute Gasteiger partial charge is 0.164 e. The summed E-state index contributed by atoms with van der Waals surface area (Å²) in [4.78, 5) is 7.19. The number of benzene rings is 1. The highest BCUT2D eigenvalue weighted by Gasteiger charge is 2.34. The lowest BCUT2D eigenvalue weighted by Gasteiger charge is -2.30. The topological polar surface area (TPSA) is 59.6 Å². The van der Waals surface area contributed by atoms with Crippen molar-refractivity contribution in [2.75, 3.05) is 12.3 Å². The number of aliphatic hydroxyl groups is 1. The first-order valence-electron chi connectivity index (χ1n) is 8.84. The molecule has 1 fully saturated rings. The number of aliphatic hydroxyl groups excluding tert-OH is 1. The van der Waals surface area contributed by atoms with Gasteiger partial charge in [0.05, 0.1) is 29.5 Å². The van der Waals surface area contributed by atoms with Crippen molar-refractivity contribution < 1.29 is 5.11 Å². The summed E-state index contributed by atoms with van der Waals surface area (Å²) in [5.74, 6) is 1.35. The monoisotopic (exact) mass is 359 g/mol. The Bertz CT molecular complexity index is 683. The summed E-state index contributed by atoms with van der Waals surface area (Å²) in [6, 6.07) is 8.03. The maximum atomic E-state index is 10.1. The number of aliphatic imine (C=N–C) groups is 1. The molecular formula is C20H29N3OS. The van der Waals surface area contributed by atoms with E-state index in [4.69, 9.17) is 4.99 Å². The predicted molar refractivity (Wildman–Crippen MR) is 106 cm³/mol. The van der Waals surface area contributed by atoms with Crippen molar-refractivity contribution >= 4 is 22.6 Å². The molecule has 136 valence electrons. The van der Waals surface area contributed by atoms with E-state index in [1.54, 1.807) is 11.8 Å². The van der Waals surface area contributed by atoms with Gasteiger partial charge in [0.15, 0.2) is 5.17 Å². The molecule has 1 heterocycles. The van der Waals surface area contributed by atoms with Crippen LogP contribution >= 0.6 is 11.8 Å². The van der Waals surface area contributed by atoms with Gasteiger partial charge in [0.2, 0.25) is 0 Å². The molecule has 1 unspecified atom stereocenters. The summed E-state index contributed by atoms with van der Waals surface area (Å²) < 4.78 is 0. The van der Waals surface area contributed by atoms with Crippen LogP contribution < -0.4 is 0 Å². The zero-order valence-corrected chi connectivity index (χ0v) is 16.9. The minimum atomic E-state index is -0.387. The van der Waals surface area contributed by atoms with Crippen molar-refractivity contribution in [1.82, 2.24) is 4.90 Å². The molecule has 0 bridgehead atoms. The van der Waals surface area contributed by atoms with Gasteiger partial charge in [0.1, 0.15) is 0 Å². The van der Waals surface area contributed by atoms with Crippen LogP contribution in [0.15, 0.2) is 23.2 Å². The highest BCUT2D eigenvalue weighted by molar-refractivity contribution is 8.14. The Labute approximate surface area is 155 Å². The molecule has 5 heteroatoms. The van der Waals surface area contributed by atoms with Crippen molar-refractivity contribution in [3.05, 3.63) is 29.3 Å². The largest absolute Gasteiger partial charge is 0.391 e. The molecule has 0 spiro atoms. The van der Waals surface area contributed by atoms with Gasteiger partial charge in [-0.1, -0.05) is 46.4 Å². The van der Waals surface area contributed by atoms with Crippen LogP contribution in [0.3, 0.4) is 0 Å². The maximum Gasteiger partial charge on any atom is 0.164 e. The van der Waals surface area contributed by atoms with Crippen LogP contribution in [0.5, 0.6) is 0 Å². The first-order valence-corrected chi connectivity index (χ1v) is 9.83. The van der Waals surface area contributed by atoms with Crippen molar-refractivity contribution in [3.63, 3.8) is 0 Å². The molecule has 0 saturated carbocycles. The van der Waals surface area contributed by atoms with Crippen molar-refractivity contribution in [2.45, 2.75) is 59.1 Å². The highest BCUT2D eigenvalue weighted by atomic mass is 32.2. The molecule has 0 aliphatic carbocycles. The second kappa shape index (κ2) is 7.80. The second-order valence-corrected chi connectivity index (χ2v) is 9.14. The van der Waals surface area contributed by atoms with Gasteiger partial charge >= 0.3 is 0 Å². The quantitative estimate of drug-likeness (QED) is 0.871. The molecule has 1 aliphatic heterocycles. The lowest BCUT2D eigenvalue weighted by molar-refractivity contribution is 0.111. The van der Waals surface area contributed by atoms with Gasteiger partial charge in [-0.3, -0.25) is 0 Å². The molecule has 1 aromatic carbocycles. The third-order valence-corrected chi connectivity index (χ3v) is 5.39. The number of hydrogen-bond donors (Lipinski definition) is 1. The van der Waals surface area contributed by atoms with Crippen molar-refractivity contribution in [3.8, 4) is 6.07 Å². The molecule has 2 atom stereocenters. The van der Waals surface area contributed by atoms with Gasteiger partial charge in [-0.25, -0.2) is 4.99 Å². The molecule has 25 heavy (non-hydrogen) atoms. The van der Waals surface area contributed by atoms with Gasteiger partial charge in [0.25, 0.3) is 0 Å². The molecule has 1 saturated heterocycles. The Morgan fingerprint density at radius 2 is 2.04 bits per heavy atom. The fraction of sp³-hybridized carbons (Fsp3) is 0.600. The number of hydrogen-bond acceptors (Lipinski definition) is 4. The Hall–Kier alpha value is -1.51. The van der Waals surface area contributed by atoms with Crippen LogP contribution in [0.25, 0.3) is 0 Å². The van der Waals surface area contributed by atoms with Crippen LogP contribution in [0.1, 0.15) is 52.7 Å². The van der Waals surface area contributed by atoms with Crippen LogP contribution in [0.2, 0.25) is 0 Å². The van der Waals surface area contributed by atoms with E-state index in [2.05, 4.69) is 45.6 Å². The van der Waals surface area contributed by atoms with E-state index in [1.165, 1.54) is 0 Å². The fourth-order valence-corrected chi connectivity index (χ4v) is 4.30. The van der Waals surface area contributed by atoms with Gasteiger partial charge in [0, 0.05) is 12.3 Å². The fourth-order valence-electron chi connectivity index (χ4n) is 2.98. The predicted octanol–water partition coefficient (Wildman–Crippen LogP) is 4.30. The summed E-state index contributed by atoms with van der Waals surface area (Å²) in [6.45, 7) is 13.5. The second-order valence-electron chi connectivity index (χ2n) is 8.15. The van der Waals surface area contributed by atoms with E-state index < -0.39 is 0 Å². The molecule has 2 rings (SSSR count). The average molecular weight is 360 g/mol. The third kappa shape index (κ3) is 4.77. The number of nitriles is 1. The van der Waals surface area contributed by atoms with Crippen molar-refractivity contribution in [1.29, 1.82) is 5.26 Å². The third-order valence-electron chi connectivity index (χ3n) is 4.30. The lowest BCUT2D eigenvalue weighted by atomic mass is 9.85. The van der Waals surface area contributed by atoms with Crippen molar-refractivity contribution in [2.24, 2.45) is 10.9 Å². The molecular weight excluding hydrogens is 330 g/mol. The minimum absolute atomic E-state index is 0.0952. The summed E-state index contributed by atoms with van der Waals surface area (Å²) in [5.41, 5.74) is 2.55. The summed E-state index contributed by atoms with van der Waals surface area (Å²) in [5, 5.41) is 20.3. The first-order chi connectivity index (χ1) is 11.6. The molecule has 4 nitrogen and oxygen atoms in total. The highest BCUT2D eigenvalue weighted by Crippen LogP contribution is 2.35. The lowest BCUT2D eigenvalue weighted by Crippen LogP contribution is -2.43. The Balaban J connectivity index is 2.46. The number of amidine groups is 1. The number of thioether (sulfide) groups is 1. The number of rotatable bonds is 4. The minimum Gasteiger partial charge on any atom is -0.391 e. The van der Waals surface area contributed by atoms with Gasteiger partial charge in [-0.05, 0) is 42.0 Å². The SMILES string of the molecule is CC(C)CN1C(=Nc2ccc(C#N)cc2C(C)(C)C)SC[C@@H]1C(C)O. The average Bonchev–Trinajstić information content (AvgIpc) is 2.88. The Morgan fingerprint density at radius 1 is 1.36 bits per heavy atom. The molecule has 0 aromatic heterocycles. The molecule has 1 aromatic rings. The normalized spacial score (nSPS) is 21.0. The van der Waals surface area contributed by atoms with Crippen LogP contribution in [0.4, 0.5) is 5.69 Å². The van der Waals surface area contributed by atoms with Gasteiger partial charge < -0.3 is 10.0 Å². The zero-order chi connectivity index (χ0) is 18.8. The van der Waals surface area contributed by atoms with E-state index in [-0.39, 0.29) is 17.6 Å². The molecule has 1 N–H and O–H groups in total. The maximum absolute atomic E-state index is 10.1. The molecule has 0 radical (unpaired) electrons. The number of nitrogens with zero attached hydrogens (tertiary/aromatic N) is 3. The van der Waals surface area contributed by atoms with E-state index >= 15 is 0 Å². The Kier molecular flexibility index (Phi) is 6.18. The van der Waals surface area contributed by atoms with Gasteiger partial charge in [-0.15, -0.1) is 0 Å². The van der Waals surface area contributed by atoms with Crippen LogP contribution in [0, 0.1) is 17.2 Å². The van der Waals surface area contributed by atoms with Crippen LogP contribution in [-0.2, 0) is 5.41 Å². The van der Waals surface area contributed by atoms with Gasteiger partial charge in [-0.2, -0.15) is 5.26 Å². The molecule has 0 amide bonds. The molecule has 1 aliphatic rings. The summed E-state index contributed by atoms with van der Waals surface area (Å²) in [6.07, 6.45) is -0.387. The van der Waals surface area contributed by atoms with E-state index in [9.17, 15) is 10.4 Å². The van der Waals surface area contributed by atoms with E-state index in [1.807, 2.05) is 25.1 Å². The first kappa shape index (κ1) is 19.8. The van der Waals surface area contributed by atoms with E-state index in [0.717, 1.165) is 28.7 Å². The summed E-state index contributed by atoms with van der Waals surface area (Å²) in [7, 11) is 0. The van der Waals surface area contributed by atoms with E-state index in [0.29, 0.717) is 11.5 Å². The zero-order valence-electron chi connectivity index (χ0n) is 16.1. The standard InChI is InChI=1S/C20H29N3OS/c1-13(2)11-23-18(14(3)24)12-25-19(23)22-17-8-7-15(10-21)9-16(17)20(4,5)6/h7-9,13-14,18,24H,11-12H2,1-6H3/t14?,18-/m1/s1.